The van der Waals surface area contributed by atoms with Crippen LogP contribution >= 0.6 is 11.3 Å². The quantitative estimate of drug-likeness (QED) is 0.596. The summed E-state index contributed by atoms with van der Waals surface area (Å²) in [6.45, 7) is 2.10. The number of nitrogens with zero attached hydrogens (tertiary/aromatic N) is 4. The van der Waals surface area contributed by atoms with E-state index in [0.29, 0.717) is 11.6 Å². The molecule has 7 heteroatoms. The summed E-state index contributed by atoms with van der Waals surface area (Å²) >= 11 is 1.62. The molecule has 0 radical (unpaired) electrons. The number of rotatable bonds is 2. The maximum atomic E-state index is 14.3. The molecule has 5 rings (SSSR count). The third kappa shape index (κ3) is 2.54. The molecule has 4 aromatic rings. The van der Waals surface area contributed by atoms with Gasteiger partial charge in [0.2, 0.25) is 0 Å². The molecule has 25 heavy (non-hydrogen) atoms. The Morgan fingerprint density at radius 2 is 1.96 bits per heavy atom. The fraction of sp³-hybridized carbons (Fsp3) is 0.333. The lowest BCUT2D eigenvalue weighted by molar-refractivity contribution is 0.345. The number of thiophene rings is 1. The van der Waals surface area contributed by atoms with Crippen molar-refractivity contribution >= 4 is 32.5 Å². The summed E-state index contributed by atoms with van der Waals surface area (Å²) in [5.41, 5.74) is 1.30. The molecule has 1 aromatic carbocycles. The first-order valence-electron chi connectivity index (χ1n) is 8.50. The second-order valence-corrected chi connectivity index (χ2v) is 7.69. The van der Waals surface area contributed by atoms with Gasteiger partial charge in [-0.15, -0.1) is 11.3 Å². The summed E-state index contributed by atoms with van der Waals surface area (Å²) in [7, 11) is 1.81. The number of aryl methyl sites for hydroxylation is 1. The second kappa shape index (κ2) is 5.64. The van der Waals surface area contributed by atoms with Crippen LogP contribution in [0.25, 0.3) is 31.6 Å². The Hall–Kier alpha value is -2.25. The Labute approximate surface area is 148 Å². The molecule has 1 N–H and O–H groups in total. The maximum Gasteiger partial charge on any atom is 0.151 e. The zero-order chi connectivity index (χ0) is 17.0. The number of fused-ring (bicyclic) bond motifs is 2. The highest BCUT2D eigenvalue weighted by atomic mass is 32.1. The van der Waals surface area contributed by atoms with Crippen molar-refractivity contribution in [2.24, 2.45) is 7.05 Å². The average Bonchev–Trinajstić information content (AvgIpc) is 3.27. The summed E-state index contributed by atoms with van der Waals surface area (Å²) in [6.07, 6.45) is 6.21. The molecular formula is C18H18FN5S. The van der Waals surface area contributed by atoms with E-state index in [1.54, 1.807) is 22.1 Å². The molecule has 1 aliphatic rings. The summed E-state index contributed by atoms with van der Waals surface area (Å²) in [5.74, 6) is -0.279. The van der Waals surface area contributed by atoms with Crippen molar-refractivity contribution in [1.29, 1.82) is 0 Å². The second-order valence-electron chi connectivity index (χ2n) is 6.66. The minimum absolute atomic E-state index is 0.279. The lowest BCUT2D eigenvalue weighted by Gasteiger charge is -2.22. The highest BCUT2D eigenvalue weighted by molar-refractivity contribution is 7.21. The lowest BCUT2D eigenvalue weighted by atomic mass is 10.1. The van der Waals surface area contributed by atoms with Gasteiger partial charge in [0, 0.05) is 35.1 Å². The molecular weight excluding hydrogens is 337 g/mol. The van der Waals surface area contributed by atoms with Crippen molar-refractivity contribution in [3.63, 3.8) is 0 Å². The van der Waals surface area contributed by atoms with Crippen LogP contribution in [0, 0.1) is 5.82 Å². The van der Waals surface area contributed by atoms with Gasteiger partial charge in [0.1, 0.15) is 10.3 Å². The number of benzene rings is 1. The van der Waals surface area contributed by atoms with E-state index in [-0.39, 0.29) is 5.82 Å². The van der Waals surface area contributed by atoms with Gasteiger partial charge in [0.25, 0.3) is 0 Å². The van der Waals surface area contributed by atoms with Crippen molar-refractivity contribution in [3.05, 3.63) is 36.4 Å². The lowest BCUT2D eigenvalue weighted by Crippen LogP contribution is -2.29. The third-order valence-electron chi connectivity index (χ3n) is 4.86. The largest absolute Gasteiger partial charge is 0.317 e. The Bertz CT molecular complexity index is 1040. The number of nitrogens with one attached hydrogen (secondary N) is 1. The van der Waals surface area contributed by atoms with Gasteiger partial charge in [-0.2, -0.15) is 10.2 Å². The minimum Gasteiger partial charge on any atom is -0.317 e. The van der Waals surface area contributed by atoms with Gasteiger partial charge in [0.15, 0.2) is 5.82 Å². The summed E-state index contributed by atoms with van der Waals surface area (Å²) in [4.78, 5) is 2.06. The van der Waals surface area contributed by atoms with Crippen LogP contribution in [0.15, 0.2) is 30.6 Å². The first-order valence-corrected chi connectivity index (χ1v) is 9.32. The van der Waals surface area contributed by atoms with Gasteiger partial charge >= 0.3 is 0 Å². The van der Waals surface area contributed by atoms with Gasteiger partial charge in [-0.25, -0.2) is 4.39 Å². The third-order valence-corrected chi connectivity index (χ3v) is 5.95. The summed E-state index contributed by atoms with van der Waals surface area (Å²) in [5, 5.41) is 14.3. The number of halogens is 1. The van der Waals surface area contributed by atoms with Crippen LogP contribution in [0.3, 0.4) is 0 Å². The number of hydrogen-bond acceptors (Lipinski definition) is 4. The van der Waals surface area contributed by atoms with Crippen LogP contribution in [-0.2, 0) is 7.05 Å². The molecule has 1 fully saturated rings. The van der Waals surface area contributed by atoms with Crippen LogP contribution < -0.4 is 5.32 Å². The minimum atomic E-state index is -0.279. The molecule has 0 saturated carbocycles. The highest BCUT2D eigenvalue weighted by Gasteiger charge is 2.18. The first kappa shape index (κ1) is 15.0. The van der Waals surface area contributed by atoms with E-state index in [2.05, 4.69) is 27.4 Å². The molecule has 1 saturated heterocycles. The molecule has 5 nitrogen and oxygen atoms in total. The molecule has 128 valence electrons. The molecule has 0 spiro atoms. The van der Waals surface area contributed by atoms with Gasteiger partial charge in [-0.1, -0.05) is 0 Å². The predicted octanol–water partition coefficient (Wildman–Crippen LogP) is 3.72. The monoisotopic (exact) mass is 355 g/mol. The zero-order valence-corrected chi connectivity index (χ0v) is 14.7. The number of hydrogen-bond donors (Lipinski definition) is 1. The van der Waals surface area contributed by atoms with E-state index < -0.39 is 0 Å². The average molecular weight is 355 g/mol. The van der Waals surface area contributed by atoms with Crippen molar-refractivity contribution < 1.29 is 4.39 Å². The van der Waals surface area contributed by atoms with Gasteiger partial charge in [-0.05, 0) is 49.7 Å². The van der Waals surface area contributed by atoms with Crippen LogP contribution in [-0.4, -0.2) is 32.7 Å². The van der Waals surface area contributed by atoms with E-state index in [4.69, 9.17) is 5.10 Å². The molecule has 0 amide bonds. The zero-order valence-electron chi connectivity index (χ0n) is 13.9. The Morgan fingerprint density at radius 3 is 2.76 bits per heavy atom. The van der Waals surface area contributed by atoms with E-state index in [1.165, 1.54) is 0 Å². The number of piperidine rings is 1. The van der Waals surface area contributed by atoms with Crippen LogP contribution in [0.5, 0.6) is 0 Å². The van der Waals surface area contributed by atoms with Gasteiger partial charge in [-0.3, -0.25) is 9.36 Å². The van der Waals surface area contributed by atoms with E-state index >= 15 is 0 Å². The normalized spacial score (nSPS) is 16.2. The smallest absolute Gasteiger partial charge is 0.151 e. The Kier molecular flexibility index (Phi) is 3.39. The van der Waals surface area contributed by atoms with E-state index in [0.717, 1.165) is 52.0 Å². The van der Waals surface area contributed by atoms with Crippen molar-refractivity contribution in [3.8, 4) is 10.4 Å². The highest BCUT2D eigenvalue weighted by Crippen LogP contribution is 2.35. The van der Waals surface area contributed by atoms with Crippen LogP contribution in [0.1, 0.15) is 18.9 Å². The first-order chi connectivity index (χ1) is 12.2. The molecule has 0 aliphatic carbocycles. The Morgan fingerprint density at radius 1 is 1.12 bits per heavy atom. The number of aromatic nitrogens is 4. The molecule has 4 heterocycles. The van der Waals surface area contributed by atoms with Gasteiger partial charge in [0.05, 0.1) is 6.04 Å². The standard InChI is InChI=1S/C18H18FN5S/c1-23-9-12-6-11(7-15(19)17(12)21-23)16-8-13-10-24(22-18(13)25-16)14-2-4-20-5-3-14/h6-10,14,20H,2-5H2,1H3. The Balaban J connectivity index is 1.53. The molecule has 0 atom stereocenters. The van der Waals surface area contributed by atoms with Crippen molar-refractivity contribution in [2.75, 3.05) is 13.1 Å². The van der Waals surface area contributed by atoms with E-state index in [1.807, 2.05) is 19.3 Å². The summed E-state index contributed by atoms with van der Waals surface area (Å²) < 4.78 is 18.1. The molecule has 0 bridgehead atoms. The van der Waals surface area contributed by atoms with Gasteiger partial charge < -0.3 is 5.32 Å². The predicted molar refractivity (Wildman–Crippen MR) is 98.4 cm³/mol. The molecule has 0 unspecified atom stereocenters. The fourth-order valence-corrected chi connectivity index (χ4v) is 4.59. The van der Waals surface area contributed by atoms with Crippen LogP contribution in [0.2, 0.25) is 0 Å². The summed E-state index contributed by atoms with van der Waals surface area (Å²) in [6, 6.07) is 6.16. The molecule has 3 aromatic heterocycles. The fourth-order valence-electron chi connectivity index (χ4n) is 3.60. The maximum absolute atomic E-state index is 14.3. The molecule has 1 aliphatic heterocycles. The topological polar surface area (TPSA) is 47.7 Å². The van der Waals surface area contributed by atoms with E-state index in [9.17, 15) is 4.39 Å². The van der Waals surface area contributed by atoms with Crippen molar-refractivity contribution in [1.82, 2.24) is 24.9 Å². The van der Waals surface area contributed by atoms with Crippen LogP contribution in [0.4, 0.5) is 4.39 Å². The SMILES string of the molecule is Cn1cc2cc(-c3cc4cn(C5CCNCC5)nc4s3)cc(F)c2n1. The van der Waals surface area contributed by atoms with Crippen molar-refractivity contribution in [2.45, 2.75) is 18.9 Å².